The Balaban J connectivity index is 2.21. The fourth-order valence-corrected chi connectivity index (χ4v) is 3.07. The van der Waals surface area contributed by atoms with Gasteiger partial charge in [0, 0.05) is 29.8 Å². The van der Waals surface area contributed by atoms with E-state index in [1.165, 1.54) is 0 Å². The number of nitrogens with zero attached hydrogens (tertiary/aromatic N) is 2. The Morgan fingerprint density at radius 1 is 1.56 bits per heavy atom. The van der Waals surface area contributed by atoms with Gasteiger partial charge in [-0.05, 0) is 18.2 Å². The van der Waals surface area contributed by atoms with Crippen molar-refractivity contribution in [2.75, 3.05) is 23.7 Å². The van der Waals surface area contributed by atoms with Gasteiger partial charge in [-0.1, -0.05) is 18.5 Å². The topological polar surface area (TPSA) is 27.0 Å². The molecule has 1 aromatic rings. The van der Waals surface area contributed by atoms with E-state index in [2.05, 4.69) is 17.9 Å². The predicted octanol–water partition coefficient (Wildman–Crippen LogP) is 3.15. The normalized spacial score (nSPS) is 20.6. The molecule has 16 heavy (non-hydrogen) atoms. The molecule has 0 amide bonds. The van der Waals surface area contributed by atoms with E-state index in [1.807, 2.05) is 23.9 Å². The molecule has 1 aliphatic rings. The van der Waals surface area contributed by atoms with Crippen LogP contribution >= 0.6 is 23.4 Å². The fourth-order valence-electron chi connectivity index (χ4n) is 1.84. The molecule has 1 aliphatic heterocycles. The van der Waals surface area contributed by atoms with E-state index in [0.717, 1.165) is 24.5 Å². The monoisotopic (exact) mass is 252 g/mol. The molecule has 2 rings (SSSR count). The summed E-state index contributed by atoms with van der Waals surface area (Å²) in [6.45, 7) is 4.34. The van der Waals surface area contributed by atoms with Gasteiger partial charge in [0.25, 0.3) is 0 Å². The van der Waals surface area contributed by atoms with Crippen LogP contribution < -0.4 is 4.90 Å². The van der Waals surface area contributed by atoms with Gasteiger partial charge in [-0.2, -0.15) is 17.0 Å². The van der Waals surface area contributed by atoms with Gasteiger partial charge in [-0.3, -0.25) is 0 Å². The SMILES string of the molecule is CC1CN(c2ccc(C#N)c(Cl)c2)CCS1. The molecule has 2 nitrogen and oxygen atoms in total. The Bertz CT molecular complexity index is 428. The van der Waals surface area contributed by atoms with Crippen molar-refractivity contribution in [1.29, 1.82) is 5.26 Å². The summed E-state index contributed by atoms with van der Waals surface area (Å²) in [6.07, 6.45) is 0. The van der Waals surface area contributed by atoms with Gasteiger partial charge in [-0.15, -0.1) is 0 Å². The van der Waals surface area contributed by atoms with Crippen molar-refractivity contribution >= 4 is 29.1 Å². The lowest BCUT2D eigenvalue weighted by atomic mass is 10.2. The molecule has 1 aromatic carbocycles. The largest absolute Gasteiger partial charge is 0.370 e. The van der Waals surface area contributed by atoms with Gasteiger partial charge in [0.15, 0.2) is 0 Å². The Kier molecular flexibility index (Phi) is 3.63. The number of nitriles is 1. The van der Waals surface area contributed by atoms with Crippen molar-refractivity contribution in [3.8, 4) is 6.07 Å². The molecular formula is C12H13ClN2S. The van der Waals surface area contributed by atoms with E-state index in [0.29, 0.717) is 15.8 Å². The van der Waals surface area contributed by atoms with Gasteiger partial charge in [0.05, 0.1) is 10.6 Å². The summed E-state index contributed by atoms with van der Waals surface area (Å²) in [7, 11) is 0. The summed E-state index contributed by atoms with van der Waals surface area (Å²) in [4.78, 5) is 2.33. The van der Waals surface area contributed by atoms with Crippen LogP contribution in [0, 0.1) is 11.3 Å². The van der Waals surface area contributed by atoms with Crippen molar-refractivity contribution in [1.82, 2.24) is 0 Å². The van der Waals surface area contributed by atoms with Crippen LogP contribution in [0.4, 0.5) is 5.69 Å². The zero-order valence-corrected chi connectivity index (χ0v) is 10.7. The maximum Gasteiger partial charge on any atom is 0.101 e. The number of anilines is 1. The highest BCUT2D eigenvalue weighted by atomic mass is 35.5. The van der Waals surface area contributed by atoms with E-state index in [1.54, 1.807) is 6.07 Å². The average molecular weight is 253 g/mol. The highest BCUT2D eigenvalue weighted by molar-refractivity contribution is 8.00. The summed E-state index contributed by atoms with van der Waals surface area (Å²) in [5, 5.41) is 10.0. The minimum absolute atomic E-state index is 0.546. The summed E-state index contributed by atoms with van der Waals surface area (Å²) in [5.41, 5.74) is 1.67. The van der Waals surface area contributed by atoms with Crippen molar-refractivity contribution in [2.24, 2.45) is 0 Å². The molecule has 0 spiro atoms. The molecule has 0 bridgehead atoms. The molecule has 4 heteroatoms. The molecule has 0 aliphatic carbocycles. The molecule has 1 unspecified atom stereocenters. The quantitative estimate of drug-likeness (QED) is 0.768. The first-order valence-electron chi connectivity index (χ1n) is 5.27. The molecule has 0 radical (unpaired) electrons. The lowest BCUT2D eigenvalue weighted by molar-refractivity contribution is 0.783. The Morgan fingerprint density at radius 3 is 3.00 bits per heavy atom. The third-order valence-electron chi connectivity index (χ3n) is 2.68. The van der Waals surface area contributed by atoms with Crippen molar-refractivity contribution in [2.45, 2.75) is 12.2 Å². The minimum atomic E-state index is 0.546. The first-order chi connectivity index (χ1) is 7.70. The highest BCUT2D eigenvalue weighted by Crippen LogP contribution is 2.27. The van der Waals surface area contributed by atoms with Gasteiger partial charge in [0.2, 0.25) is 0 Å². The molecular weight excluding hydrogens is 240 g/mol. The van der Waals surface area contributed by atoms with Crippen LogP contribution in [0.2, 0.25) is 5.02 Å². The van der Waals surface area contributed by atoms with E-state index >= 15 is 0 Å². The van der Waals surface area contributed by atoms with Gasteiger partial charge < -0.3 is 4.90 Å². The maximum absolute atomic E-state index is 8.81. The van der Waals surface area contributed by atoms with Gasteiger partial charge in [0.1, 0.15) is 6.07 Å². The summed E-state index contributed by atoms with van der Waals surface area (Å²) >= 11 is 8.03. The van der Waals surface area contributed by atoms with E-state index < -0.39 is 0 Å². The lowest BCUT2D eigenvalue weighted by Gasteiger charge is -2.32. The van der Waals surface area contributed by atoms with Crippen LogP contribution in [0.25, 0.3) is 0 Å². The minimum Gasteiger partial charge on any atom is -0.370 e. The molecule has 84 valence electrons. The predicted molar refractivity (Wildman–Crippen MR) is 70.3 cm³/mol. The van der Waals surface area contributed by atoms with Crippen LogP contribution in [-0.2, 0) is 0 Å². The second kappa shape index (κ2) is 4.99. The number of thioether (sulfide) groups is 1. The Morgan fingerprint density at radius 2 is 2.38 bits per heavy atom. The number of hydrogen-bond acceptors (Lipinski definition) is 3. The number of halogens is 1. The second-order valence-electron chi connectivity index (χ2n) is 3.90. The Labute approximate surface area is 105 Å². The number of benzene rings is 1. The van der Waals surface area contributed by atoms with Gasteiger partial charge in [-0.25, -0.2) is 0 Å². The average Bonchev–Trinajstić information content (AvgIpc) is 2.29. The highest BCUT2D eigenvalue weighted by Gasteiger charge is 2.17. The molecule has 1 saturated heterocycles. The standard InChI is InChI=1S/C12H13ClN2S/c1-9-8-15(4-5-16-9)11-3-2-10(7-14)12(13)6-11/h2-3,6,9H,4-5,8H2,1H3. The number of rotatable bonds is 1. The van der Waals surface area contributed by atoms with Crippen molar-refractivity contribution < 1.29 is 0 Å². The summed E-state index contributed by atoms with van der Waals surface area (Å²) < 4.78 is 0. The smallest absolute Gasteiger partial charge is 0.101 e. The fraction of sp³-hybridized carbons (Fsp3) is 0.417. The third kappa shape index (κ3) is 2.45. The van der Waals surface area contributed by atoms with Gasteiger partial charge >= 0.3 is 0 Å². The maximum atomic E-state index is 8.81. The van der Waals surface area contributed by atoms with E-state index in [4.69, 9.17) is 16.9 Å². The first-order valence-corrected chi connectivity index (χ1v) is 6.69. The van der Waals surface area contributed by atoms with Crippen LogP contribution in [0.15, 0.2) is 18.2 Å². The zero-order valence-electron chi connectivity index (χ0n) is 9.11. The summed E-state index contributed by atoms with van der Waals surface area (Å²) in [5.74, 6) is 1.15. The van der Waals surface area contributed by atoms with Crippen LogP contribution in [-0.4, -0.2) is 24.1 Å². The Hall–Kier alpha value is -0.850. The van der Waals surface area contributed by atoms with Crippen molar-refractivity contribution in [3.63, 3.8) is 0 Å². The molecule has 1 atom stereocenters. The lowest BCUT2D eigenvalue weighted by Crippen LogP contribution is -2.36. The van der Waals surface area contributed by atoms with E-state index in [-0.39, 0.29) is 0 Å². The molecule has 1 heterocycles. The summed E-state index contributed by atoms with van der Waals surface area (Å²) in [6, 6.07) is 7.75. The van der Waals surface area contributed by atoms with Crippen molar-refractivity contribution in [3.05, 3.63) is 28.8 Å². The van der Waals surface area contributed by atoms with Crippen LogP contribution in [0.5, 0.6) is 0 Å². The van der Waals surface area contributed by atoms with E-state index in [9.17, 15) is 0 Å². The van der Waals surface area contributed by atoms with Crippen LogP contribution in [0.3, 0.4) is 0 Å². The second-order valence-corrected chi connectivity index (χ2v) is 5.86. The zero-order chi connectivity index (χ0) is 11.5. The first kappa shape index (κ1) is 11.6. The molecule has 1 fully saturated rings. The van der Waals surface area contributed by atoms with Crippen LogP contribution in [0.1, 0.15) is 12.5 Å². The third-order valence-corrected chi connectivity index (χ3v) is 4.13. The number of hydrogen-bond donors (Lipinski definition) is 0. The molecule has 0 N–H and O–H groups in total. The molecule has 0 aromatic heterocycles. The molecule has 0 saturated carbocycles.